The maximum atomic E-state index is 13.0. The Kier molecular flexibility index (Phi) is 4.65. The van der Waals surface area contributed by atoms with Crippen molar-refractivity contribution in [1.82, 2.24) is 0 Å². The standard InChI is InChI=1S/C12H15FN2O3/c1-2-8(6-11(16)17)15-10-4-3-7(13)5-9(10)12(14)18/h3-5,8,15H,2,6H2,1H3,(H2,14,18)(H,16,17). The second-order valence-corrected chi connectivity index (χ2v) is 3.90. The summed E-state index contributed by atoms with van der Waals surface area (Å²) in [4.78, 5) is 21.8. The molecule has 0 aliphatic rings. The van der Waals surface area contributed by atoms with E-state index < -0.39 is 17.7 Å². The van der Waals surface area contributed by atoms with Gasteiger partial charge in [0, 0.05) is 11.7 Å². The minimum absolute atomic E-state index is 0.0128. The van der Waals surface area contributed by atoms with Gasteiger partial charge < -0.3 is 16.2 Å². The van der Waals surface area contributed by atoms with Gasteiger partial charge in [-0.2, -0.15) is 0 Å². The quantitative estimate of drug-likeness (QED) is 0.718. The molecule has 1 aromatic carbocycles. The Morgan fingerprint density at radius 3 is 2.67 bits per heavy atom. The molecule has 18 heavy (non-hydrogen) atoms. The Labute approximate surface area is 104 Å². The summed E-state index contributed by atoms with van der Waals surface area (Å²) < 4.78 is 13.0. The number of primary amides is 1. The molecule has 0 bridgehead atoms. The molecule has 0 heterocycles. The van der Waals surface area contributed by atoms with E-state index in [4.69, 9.17) is 10.8 Å². The number of carboxylic acids is 1. The number of benzene rings is 1. The summed E-state index contributed by atoms with van der Waals surface area (Å²) >= 11 is 0. The molecule has 0 aliphatic carbocycles. The van der Waals surface area contributed by atoms with Crippen LogP contribution in [0.2, 0.25) is 0 Å². The Morgan fingerprint density at radius 1 is 1.50 bits per heavy atom. The van der Waals surface area contributed by atoms with E-state index in [-0.39, 0.29) is 18.0 Å². The van der Waals surface area contributed by atoms with Crippen LogP contribution in [-0.2, 0) is 4.79 Å². The number of hydrogen-bond donors (Lipinski definition) is 3. The summed E-state index contributed by atoms with van der Waals surface area (Å²) in [6.45, 7) is 1.81. The number of hydrogen-bond acceptors (Lipinski definition) is 3. The molecular weight excluding hydrogens is 239 g/mol. The molecule has 6 heteroatoms. The Morgan fingerprint density at radius 2 is 2.17 bits per heavy atom. The third kappa shape index (κ3) is 3.73. The van der Waals surface area contributed by atoms with Crippen LogP contribution in [0.3, 0.4) is 0 Å². The van der Waals surface area contributed by atoms with Gasteiger partial charge in [0.1, 0.15) is 5.82 Å². The number of rotatable bonds is 6. The number of halogens is 1. The van der Waals surface area contributed by atoms with Crippen molar-refractivity contribution in [1.29, 1.82) is 0 Å². The highest BCUT2D eigenvalue weighted by atomic mass is 19.1. The second kappa shape index (κ2) is 6.00. The van der Waals surface area contributed by atoms with Crippen LogP contribution in [0.15, 0.2) is 18.2 Å². The number of carbonyl (C=O) groups excluding carboxylic acids is 1. The second-order valence-electron chi connectivity index (χ2n) is 3.90. The van der Waals surface area contributed by atoms with Gasteiger partial charge in [-0.15, -0.1) is 0 Å². The molecule has 0 spiro atoms. The number of carboxylic acid groups (broad SMARTS) is 1. The summed E-state index contributed by atoms with van der Waals surface area (Å²) in [5, 5.41) is 11.6. The van der Waals surface area contributed by atoms with Crippen molar-refractivity contribution in [3.63, 3.8) is 0 Å². The third-order valence-electron chi connectivity index (χ3n) is 2.52. The average Bonchev–Trinajstić information content (AvgIpc) is 2.29. The molecule has 1 rings (SSSR count). The van der Waals surface area contributed by atoms with E-state index in [2.05, 4.69) is 5.32 Å². The topological polar surface area (TPSA) is 92.4 Å². The van der Waals surface area contributed by atoms with Gasteiger partial charge in [0.25, 0.3) is 5.91 Å². The van der Waals surface area contributed by atoms with Gasteiger partial charge in [0.15, 0.2) is 0 Å². The van der Waals surface area contributed by atoms with E-state index in [1.165, 1.54) is 12.1 Å². The molecule has 5 nitrogen and oxygen atoms in total. The van der Waals surface area contributed by atoms with E-state index in [0.29, 0.717) is 12.1 Å². The van der Waals surface area contributed by atoms with Crippen LogP contribution in [0.5, 0.6) is 0 Å². The van der Waals surface area contributed by atoms with Gasteiger partial charge in [-0.05, 0) is 24.6 Å². The highest BCUT2D eigenvalue weighted by Crippen LogP contribution is 2.19. The molecule has 1 unspecified atom stereocenters. The van der Waals surface area contributed by atoms with Gasteiger partial charge in [-0.3, -0.25) is 9.59 Å². The first kappa shape index (κ1) is 14.0. The molecule has 0 radical (unpaired) electrons. The lowest BCUT2D eigenvalue weighted by atomic mass is 10.1. The van der Waals surface area contributed by atoms with Crippen LogP contribution in [0, 0.1) is 5.82 Å². The minimum atomic E-state index is -0.947. The van der Waals surface area contributed by atoms with E-state index in [9.17, 15) is 14.0 Å². The monoisotopic (exact) mass is 254 g/mol. The molecule has 0 aromatic heterocycles. The van der Waals surface area contributed by atoms with E-state index >= 15 is 0 Å². The molecule has 0 aliphatic heterocycles. The van der Waals surface area contributed by atoms with Crippen LogP contribution in [0.1, 0.15) is 30.1 Å². The van der Waals surface area contributed by atoms with Crippen molar-refractivity contribution in [3.05, 3.63) is 29.6 Å². The van der Waals surface area contributed by atoms with Gasteiger partial charge in [-0.1, -0.05) is 6.92 Å². The van der Waals surface area contributed by atoms with E-state index in [1.54, 1.807) is 0 Å². The summed E-state index contributed by atoms with van der Waals surface area (Å²) in [7, 11) is 0. The molecule has 0 saturated heterocycles. The van der Waals surface area contributed by atoms with Crippen molar-refractivity contribution in [2.24, 2.45) is 5.73 Å². The lowest BCUT2D eigenvalue weighted by Gasteiger charge is -2.18. The van der Waals surface area contributed by atoms with Crippen LogP contribution < -0.4 is 11.1 Å². The molecule has 1 amide bonds. The molecule has 98 valence electrons. The normalized spacial score (nSPS) is 11.9. The minimum Gasteiger partial charge on any atom is -0.481 e. The highest BCUT2D eigenvalue weighted by Gasteiger charge is 2.15. The summed E-state index contributed by atoms with van der Waals surface area (Å²) in [6.07, 6.45) is 0.466. The molecule has 4 N–H and O–H groups in total. The fourth-order valence-electron chi connectivity index (χ4n) is 1.57. The predicted octanol–water partition coefficient (Wildman–Crippen LogP) is 1.59. The zero-order valence-corrected chi connectivity index (χ0v) is 9.94. The molecule has 1 aromatic rings. The Balaban J connectivity index is 2.95. The number of anilines is 1. The van der Waals surface area contributed by atoms with Gasteiger partial charge in [0.05, 0.1) is 12.0 Å². The van der Waals surface area contributed by atoms with Gasteiger partial charge in [-0.25, -0.2) is 4.39 Å². The van der Waals surface area contributed by atoms with Crippen LogP contribution >= 0.6 is 0 Å². The lowest BCUT2D eigenvalue weighted by Crippen LogP contribution is -2.24. The van der Waals surface area contributed by atoms with E-state index in [0.717, 1.165) is 6.07 Å². The number of carbonyl (C=O) groups is 2. The Hall–Kier alpha value is -2.11. The van der Waals surface area contributed by atoms with Crippen molar-refractivity contribution in [3.8, 4) is 0 Å². The summed E-state index contributed by atoms with van der Waals surface area (Å²) in [5.74, 6) is -2.28. The molecule has 1 atom stereocenters. The van der Waals surface area contributed by atoms with Gasteiger partial charge in [0.2, 0.25) is 0 Å². The first-order chi connectivity index (χ1) is 8.43. The summed E-state index contributed by atoms with van der Waals surface area (Å²) in [6, 6.07) is 3.24. The first-order valence-electron chi connectivity index (χ1n) is 5.51. The number of nitrogens with one attached hydrogen (secondary N) is 1. The van der Waals surface area contributed by atoms with Crippen molar-refractivity contribution < 1.29 is 19.1 Å². The van der Waals surface area contributed by atoms with Crippen molar-refractivity contribution in [2.45, 2.75) is 25.8 Å². The molecule has 0 saturated carbocycles. The number of aliphatic carboxylic acids is 1. The highest BCUT2D eigenvalue weighted by molar-refractivity contribution is 5.98. The maximum absolute atomic E-state index is 13.0. The average molecular weight is 254 g/mol. The van der Waals surface area contributed by atoms with Crippen LogP contribution in [0.4, 0.5) is 10.1 Å². The fourth-order valence-corrected chi connectivity index (χ4v) is 1.57. The molecular formula is C12H15FN2O3. The largest absolute Gasteiger partial charge is 0.481 e. The Bertz CT molecular complexity index is 463. The van der Waals surface area contributed by atoms with Crippen LogP contribution in [0.25, 0.3) is 0 Å². The fraction of sp³-hybridized carbons (Fsp3) is 0.333. The maximum Gasteiger partial charge on any atom is 0.305 e. The van der Waals surface area contributed by atoms with Gasteiger partial charge >= 0.3 is 5.97 Å². The summed E-state index contributed by atoms with van der Waals surface area (Å²) in [5.41, 5.74) is 5.50. The lowest BCUT2D eigenvalue weighted by molar-refractivity contribution is -0.137. The van der Waals surface area contributed by atoms with Crippen LogP contribution in [-0.4, -0.2) is 23.0 Å². The zero-order chi connectivity index (χ0) is 13.7. The zero-order valence-electron chi connectivity index (χ0n) is 9.94. The van der Waals surface area contributed by atoms with E-state index in [1.807, 2.05) is 6.92 Å². The number of nitrogens with two attached hydrogens (primary N) is 1. The predicted molar refractivity (Wildman–Crippen MR) is 64.9 cm³/mol. The van der Waals surface area contributed by atoms with Crippen molar-refractivity contribution in [2.75, 3.05) is 5.32 Å². The first-order valence-corrected chi connectivity index (χ1v) is 5.51. The van der Waals surface area contributed by atoms with Crippen molar-refractivity contribution >= 4 is 17.6 Å². The SMILES string of the molecule is CCC(CC(=O)O)Nc1ccc(F)cc1C(N)=O. The molecule has 0 fully saturated rings. The third-order valence-corrected chi connectivity index (χ3v) is 2.52. The smallest absolute Gasteiger partial charge is 0.305 e. The number of amides is 1.